The van der Waals surface area contributed by atoms with Gasteiger partial charge in [0.2, 0.25) is 0 Å². The summed E-state index contributed by atoms with van der Waals surface area (Å²) in [6.45, 7) is 0. The molecule has 4 nitrogen and oxygen atoms in total. The van der Waals surface area contributed by atoms with E-state index in [1.165, 1.54) is 12.1 Å². The quantitative estimate of drug-likeness (QED) is 0.522. The number of hydrogen-bond donors (Lipinski definition) is 2. The fraction of sp³-hybridized carbons (Fsp3) is 0. The molecule has 0 saturated carbocycles. The highest BCUT2D eigenvalue weighted by Gasteiger charge is 2.10. The average Bonchev–Trinajstić information content (AvgIpc) is 2.89. The first-order chi connectivity index (χ1) is 10.2. The Labute approximate surface area is 119 Å². The Hall–Kier alpha value is -3.01. The van der Waals surface area contributed by atoms with Crippen LogP contribution in [0.4, 0.5) is 0 Å². The number of aromatic nitrogens is 1. The molecule has 4 aromatic rings. The van der Waals surface area contributed by atoms with Gasteiger partial charge in [0.05, 0.1) is 0 Å². The molecular weight excluding hydrogens is 266 g/mol. The molecule has 21 heavy (non-hydrogen) atoms. The van der Waals surface area contributed by atoms with Crippen LogP contribution in [0.1, 0.15) is 0 Å². The molecule has 2 N–H and O–H groups in total. The first kappa shape index (κ1) is 11.8. The van der Waals surface area contributed by atoms with Crippen molar-refractivity contribution in [2.24, 2.45) is 0 Å². The summed E-state index contributed by atoms with van der Waals surface area (Å²) in [4.78, 5) is 15.0. The second kappa shape index (κ2) is 4.24. The summed E-state index contributed by atoms with van der Waals surface area (Å²) < 4.78 is 5.15. The lowest BCUT2D eigenvalue weighted by atomic mass is 10.1. The van der Waals surface area contributed by atoms with E-state index in [9.17, 15) is 9.90 Å². The highest BCUT2D eigenvalue weighted by Crippen LogP contribution is 2.30. The maximum Gasteiger partial charge on any atom is 0.336 e. The zero-order chi connectivity index (χ0) is 14.4. The lowest BCUT2D eigenvalue weighted by molar-refractivity contribution is 0.473. The first-order valence-electron chi connectivity index (χ1n) is 6.56. The van der Waals surface area contributed by atoms with Gasteiger partial charge in [0.1, 0.15) is 11.3 Å². The normalized spacial score (nSPS) is 11.2. The fourth-order valence-corrected chi connectivity index (χ4v) is 2.59. The lowest BCUT2D eigenvalue weighted by Gasteiger charge is -2.03. The van der Waals surface area contributed by atoms with Gasteiger partial charge in [-0.1, -0.05) is 18.2 Å². The number of H-pyrrole nitrogens is 1. The minimum Gasteiger partial charge on any atom is -0.508 e. The van der Waals surface area contributed by atoms with Crippen LogP contribution < -0.4 is 5.63 Å². The molecule has 0 saturated heterocycles. The largest absolute Gasteiger partial charge is 0.508 e. The summed E-state index contributed by atoms with van der Waals surface area (Å²) >= 11 is 0. The monoisotopic (exact) mass is 277 g/mol. The number of nitrogens with one attached hydrogen (secondary N) is 1. The molecule has 0 bridgehead atoms. The summed E-state index contributed by atoms with van der Waals surface area (Å²) in [6, 6.07) is 16.1. The molecule has 2 aromatic carbocycles. The van der Waals surface area contributed by atoms with Crippen LogP contribution in [0, 0.1) is 0 Å². The van der Waals surface area contributed by atoms with E-state index < -0.39 is 5.63 Å². The standard InChI is InChI=1S/C17H11NO3/c19-11-5-6-12-13(9-17(20)21-16(12)8-11)15-7-10-3-1-2-4-14(10)18-15/h1-9,18-19H. The second-order valence-corrected chi connectivity index (χ2v) is 4.93. The minimum absolute atomic E-state index is 0.0689. The third kappa shape index (κ3) is 1.89. The van der Waals surface area contributed by atoms with Crippen LogP contribution in [0.2, 0.25) is 0 Å². The molecule has 0 aliphatic rings. The highest BCUT2D eigenvalue weighted by molar-refractivity contribution is 5.96. The van der Waals surface area contributed by atoms with Gasteiger partial charge >= 0.3 is 5.63 Å². The molecule has 0 fully saturated rings. The zero-order valence-electron chi connectivity index (χ0n) is 11.0. The number of para-hydroxylation sites is 1. The first-order valence-corrected chi connectivity index (χ1v) is 6.56. The van der Waals surface area contributed by atoms with Crippen LogP contribution in [0.5, 0.6) is 5.75 Å². The van der Waals surface area contributed by atoms with Crippen LogP contribution >= 0.6 is 0 Å². The van der Waals surface area contributed by atoms with Crippen molar-refractivity contribution in [3.63, 3.8) is 0 Å². The van der Waals surface area contributed by atoms with Gasteiger partial charge in [-0.2, -0.15) is 0 Å². The van der Waals surface area contributed by atoms with E-state index in [4.69, 9.17) is 4.42 Å². The molecule has 0 atom stereocenters. The summed E-state index contributed by atoms with van der Waals surface area (Å²) in [5.74, 6) is 0.0689. The van der Waals surface area contributed by atoms with Crippen molar-refractivity contribution in [2.45, 2.75) is 0 Å². The number of hydrogen-bond acceptors (Lipinski definition) is 3. The molecule has 0 unspecified atom stereocenters. The van der Waals surface area contributed by atoms with Crippen LogP contribution in [-0.4, -0.2) is 10.1 Å². The van der Waals surface area contributed by atoms with Crippen molar-refractivity contribution >= 4 is 21.9 Å². The summed E-state index contributed by atoms with van der Waals surface area (Å²) in [6.07, 6.45) is 0. The number of rotatable bonds is 1. The Morgan fingerprint density at radius 2 is 1.86 bits per heavy atom. The Bertz CT molecular complexity index is 994. The Kier molecular flexibility index (Phi) is 2.38. The number of fused-ring (bicyclic) bond motifs is 2. The Morgan fingerprint density at radius 1 is 1.00 bits per heavy atom. The van der Waals surface area contributed by atoms with Gasteiger partial charge in [-0.05, 0) is 24.3 Å². The molecule has 0 amide bonds. The van der Waals surface area contributed by atoms with E-state index in [-0.39, 0.29) is 5.75 Å². The Morgan fingerprint density at radius 3 is 2.71 bits per heavy atom. The summed E-state index contributed by atoms with van der Waals surface area (Å²) in [7, 11) is 0. The van der Waals surface area contributed by atoms with E-state index in [1.807, 2.05) is 30.3 Å². The van der Waals surface area contributed by atoms with Gasteiger partial charge in [0.15, 0.2) is 0 Å². The topological polar surface area (TPSA) is 66.2 Å². The van der Waals surface area contributed by atoms with Crippen molar-refractivity contribution in [2.75, 3.05) is 0 Å². The SMILES string of the molecule is O=c1cc(-c2cc3ccccc3[nH]2)c2ccc(O)cc2o1. The summed E-state index contributed by atoms with van der Waals surface area (Å²) in [5, 5.41) is 11.4. The molecule has 0 aliphatic heterocycles. The van der Waals surface area contributed by atoms with Gasteiger partial charge in [-0.3, -0.25) is 0 Å². The van der Waals surface area contributed by atoms with Crippen molar-refractivity contribution < 1.29 is 9.52 Å². The lowest BCUT2D eigenvalue weighted by Crippen LogP contribution is -1.98. The zero-order valence-corrected chi connectivity index (χ0v) is 11.0. The summed E-state index contributed by atoms with van der Waals surface area (Å²) in [5.41, 5.74) is 2.54. The number of aromatic amines is 1. The molecule has 2 heterocycles. The van der Waals surface area contributed by atoms with E-state index >= 15 is 0 Å². The predicted molar refractivity (Wildman–Crippen MR) is 81.4 cm³/mol. The van der Waals surface area contributed by atoms with E-state index in [2.05, 4.69) is 4.98 Å². The van der Waals surface area contributed by atoms with Crippen molar-refractivity contribution in [3.05, 3.63) is 65.0 Å². The second-order valence-electron chi connectivity index (χ2n) is 4.93. The fourth-order valence-electron chi connectivity index (χ4n) is 2.59. The molecule has 0 aliphatic carbocycles. The van der Waals surface area contributed by atoms with Crippen LogP contribution in [0.25, 0.3) is 33.1 Å². The average molecular weight is 277 g/mol. The van der Waals surface area contributed by atoms with Crippen LogP contribution in [0.3, 0.4) is 0 Å². The minimum atomic E-state index is -0.443. The van der Waals surface area contributed by atoms with Gasteiger partial charge in [-0.15, -0.1) is 0 Å². The number of benzene rings is 2. The van der Waals surface area contributed by atoms with E-state index in [1.54, 1.807) is 12.1 Å². The molecule has 4 heteroatoms. The van der Waals surface area contributed by atoms with Gasteiger partial charge in [0.25, 0.3) is 0 Å². The third-order valence-electron chi connectivity index (χ3n) is 3.55. The van der Waals surface area contributed by atoms with Crippen molar-refractivity contribution in [1.82, 2.24) is 4.98 Å². The highest BCUT2D eigenvalue weighted by atomic mass is 16.4. The molecule has 0 spiro atoms. The number of phenols is 1. The smallest absolute Gasteiger partial charge is 0.336 e. The maximum atomic E-state index is 11.7. The van der Waals surface area contributed by atoms with Gasteiger partial charge in [0, 0.05) is 39.7 Å². The maximum absolute atomic E-state index is 11.7. The molecule has 2 aromatic heterocycles. The molecule has 102 valence electrons. The van der Waals surface area contributed by atoms with Gasteiger partial charge in [-0.25, -0.2) is 4.79 Å². The predicted octanol–water partition coefficient (Wildman–Crippen LogP) is 3.65. The molecule has 0 radical (unpaired) electrons. The number of phenolic OH excluding ortho intramolecular Hbond substituents is 1. The van der Waals surface area contributed by atoms with Crippen LogP contribution in [-0.2, 0) is 0 Å². The molecular formula is C17H11NO3. The van der Waals surface area contributed by atoms with E-state index in [0.29, 0.717) is 5.58 Å². The number of aromatic hydroxyl groups is 1. The van der Waals surface area contributed by atoms with Crippen LogP contribution in [0.15, 0.2) is 63.8 Å². The van der Waals surface area contributed by atoms with Crippen molar-refractivity contribution in [1.29, 1.82) is 0 Å². The Balaban J connectivity index is 2.07. The third-order valence-corrected chi connectivity index (χ3v) is 3.55. The molecule has 4 rings (SSSR count). The van der Waals surface area contributed by atoms with Gasteiger partial charge < -0.3 is 14.5 Å². The van der Waals surface area contributed by atoms with E-state index in [0.717, 1.165) is 27.5 Å². The van der Waals surface area contributed by atoms with Crippen molar-refractivity contribution in [3.8, 4) is 17.0 Å².